The topological polar surface area (TPSA) is 88.9 Å². The minimum absolute atomic E-state index is 0.0120. The number of thiophene rings is 1. The van der Waals surface area contributed by atoms with Gasteiger partial charge in [-0.1, -0.05) is 23.7 Å². The maximum absolute atomic E-state index is 11.9. The molecule has 3 rings (SSSR count). The van der Waals surface area contributed by atoms with Gasteiger partial charge in [-0.3, -0.25) is 14.9 Å². The first kappa shape index (κ1) is 15.4. The first-order valence-corrected chi connectivity index (χ1v) is 7.81. The van der Waals surface area contributed by atoms with Crippen molar-refractivity contribution < 1.29 is 4.92 Å². The molecule has 2 heterocycles. The summed E-state index contributed by atoms with van der Waals surface area (Å²) in [6.45, 7) is 1.66. The van der Waals surface area contributed by atoms with Gasteiger partial charge in [0.15, 0.2) is 5.82 Å². The fourth-order valence-corrected chi connectivity index (χ4v) is 3.05. The molecule has 2 aromatic heterocycles. The van der Waals surface area contributed by atoms with Gasteiger partial charge in [0.1, 0.15) is 4.70 Å². The van der Waals surface area contributed by atoms with Crippen molar-refractivity contribution in [2.75, 3.05) is 0 Å². The smallest absolute Gasteiger partial charge is 0.272 e. The molecule has 0 atom stereocenters. The Labute approximate surface area is 139 Å². The Kier molecular flexibility index (Phi) is 3.97. The maximum Gasteiger partial charge on any atom is 0.272 e. The molecule has 8 heteroatoms. The molecule has 1 N–H and O–H groups in total. The molecule has 3 aromatic rings. The molecule has 0 amide bonds. The third-order valence-corrected chi connectivity index (χ3v) is 4.45. The van der Waals surface area contributed by atoms with Gasteiger partial charge in [-0.2, -0.15) is 0 Å². The molecular weight excluding hydrogens is 338 g/mol. The summed E-state index contributed by atoms with van der Waals surface area (Å²) in [5.74, 6) is 0.228. The SMILES string of the molecule is Cc1ccc(/C=C(\Cl)c2nc3ccsc3c(=O)[nH]2)cc1[N+](=O)[O-]. The van der Waals surface area contributed by atoms with E-state index in [0.29, 0.717) is 21.3 Å². The Hall–Kier alpha value is -2.51. The number of nitrogens with one attached hydrogen (secondary N) is 1. The largest absolute Gasteiger partial charge is 0.305 e. The van der Waals surface area contributed by atoms with Gasteiger partial charge in [-0.15, -0.1) is 11.3 Å². The second kappa shape index (κ2) is 5.94. The number of halogens is 1. The Balaban J connectivity index is 2.06. The number of hydrogen-bond acceptors (Lipinski definition) is 5. The van der Waals surface area contributed by atoms with Gasteiger partial charge in [0, 0.05) is 11.6 Å². The molecule has 0 bridgehead atoms. The number of nitrogens with zero attached hydrogens (tertiary/aromatic N) is 2. The third kappa shape index (κ3) is 3.01. The molecule has 116 valence electrons. The number of rotatable bonds is 3. The number of aromatic nitrogens is 2. The van der Waals surface area contributed by atoms with Crippen molar-refractivity contribution in [3.63, 3.8) is 0 Å². The van der Waals surface area contributed by atoms with E-state index in [0.717, 1.165) is 0 Å². The van der Waals surface area contributed by atoms with Gasteiger partial charge < -0.3 is 4.98 Å². The number of aryl methyl sites for hydroxylation is 1. The molecule has 0 aliphatic heterocycles. The van der Waals surface area contributed by atoms with E-state index in [9.17, 15) is 14.9 Å². The van der Waals surface area contributed by atoms with Crippen LogP contribution in [0.5, 0.6) is 0 Å². The Morgan fingerprint density at radius 2 is 2.22 bits per heavy atom. The van der Waals surface area contributed by atoms with Crippen LogP contribution in [0.3, 0.4) is 0 Å². The minimum atomic E-state index is -0.446. The van der Waals surface area contributed by atoms with Gasteiger partial charge in [0.2, 0.25) is 0 Å². The highest BCUT2D eigenvalue weighted by Gasteiger charge is 2.12. The van der Waals surface area contributed by atoms with E-state index in [1.54, 1.807) is 30.5 Å². The predicted octanol–water partition coefficient (Wildman–Crippen LogP) is 3.94. The van der Waals surface area contributed by atoms with Crippen LogP contribution in [-0.4, -0.2) is 14.9 Å². The molecule has 1 aromatic carbocycles. The van der Waals surface area contributed by atoms with Gasteiger partial charge >= 0.3 is 0 Å². The number of benzene rings is 1. The molecule has 23 heavy (non-hydrogen) atoms. The van der Waals surface area contributed by atoms with Crippen LogP contribution in [0.15, 0.2) is 34.4 Å². The van der Waals surface area contributed by atoms with Crippen LogP contribution >= 0.6 is 22.9 Å². The van der Waals surface area contributed by atoms with Crippen molar-refractivity contribution in [3.05, 3.63) is 67.1 Å². The zero-order valence-corrected chi connectivity index (χ0v) is 13.4. The number of aromatic amines is 1. The number of hydrogen-bond donors (Lipinski definition) is 1. The van der Waals surface area contributed by atoms with Crippen LogP contribution < -0.4 is 5.56 Å². The van der Waals surface area contributed by atoms with E-state index in [2.05, 4.69) is 9.97 Å². The fourth-order valence-electron chi connectivity index (χ4n) is 2.11. The first-order valence-electron chi connectivity index (χ1n) is 6.56. The van der Waals surface area contributed by atoms with Crippen molar-refractivity contribution in [2.24, 2.45) is 0 Å². The van der Waals surface area contributed by atoms with Crippen molar-refractivity contribution >= 4 is 50.0 Å². The molecule has 0 unspecified atom stereocenters. The highest BCUT2D eigenvalue weighted by Crippen LogP contribution is 2.25. The zero-order valence-electron chi connectivity index (χ0n) is 11.9. The third-order valence-electron chi connectivity index (χ3n) is 3.26. The molecule has 0 spiro atoms. The number of nitro groups is 1. The Morgan fingerprint density at radius 1 is 1.43 bits per heavy atom. The standard InChI is InChI=1S/C15H10ClN3O3S/c1-8-2-3-9(7-12(8)19(21)22)6-10(16)14-17-11-4-5-23-13(11)15(20)18-14/h2-7H,1H3,(H,17,18,20)/b10-6-. The van der Waals surface area contributed by atoms with Crippen LogP contribution in [0.2, 0.25) is 0 Å². The molecular formula is C15H10ClN3O3S. The zero-order chi connectivity index (χ0) is 16.6. The lowest BCUT2D eigenvalue weighted by Crippen LogP contribution is -2.08. The summed E-state index contributed by atoms with van der Waals surface area (Å²) in [5, 5.41) is 13.0. The van der Waals surface area contributed by atoms with Crippen LogP contribution in [0.1, 0.15) is 17.0 Å². The van der Waals surface area contributed by atoms with Gasteiger partial charge in [0.25, 0.3) is 11.2 Å². The van der Waals surface area contributed by atoms with E-state index in [-0.39, 0.29) is 22.1 Å². The molecule has 0 radical (unpaired) electrons. The van der Waals surface area contributed by atoms with Crippen LogP contribution in [0.25, 0.3) is 21.3 Å². The van der Waals surface area contributed by atoms with Crippen molar-refractivity contribution in [3.8, 4) is 0 Å². The first-order chi connectivity index (χ1) is 11.0. The predicted molar refractivity (Wildman–Crippen MR) is 91.8 cm³/mol. The lowest BCUT2D eigenvalue weighted by atomic mass is 10.1. The van der Waals surface area contributed by atoms with Gasteiger partial charge in [0.05, 0.1) is 15.5 Å². The van der Waals surface area contributed by atoms with Crippen molar-refractivity contribution in [1.82, 2.24) is 9.97 Å². The second-order valence-electron chi connectivity index (χ2n) is 4.84. The lowest BCUT2D eigenvalue weighted by molar-refractivity contribution is -0.385. The summed E-state index contributed by atoms with van der Waals surface area (Å²) in [7, 11) is 0. The molecule has 0 fully saturated rings. The lowest BCUT2D eigenvalue weighted by Gasteiger charge is -2.01. The average Bonchev–Trinajstić information content (AvgIpc) is 2.98. The number of fused-ring (bicyclic) bond motifs is 1. The average molecular weight is 348 g/mol. The van der Waals surface area contributed by atoms with Crippen molar-refractivity contribution in [2.45, 2.75) is 6.92 Å². The molecule has 6 nitrogen and oxygen atoms in total. The summed E-state index contributed by atoms with van der Waals surface area (Å²) in [6, 6.07) is 6.52. The molecule has 0 aliphatic rings. The van der Waals surface area contributed by atoms with E-state index >= 15 is 0 Å². The van der Waals surface area contributed by atoms with E-state index < -0.39 is 4.92 Å². The monoisotopic (exact) mass is 347 g/mol. The van der Waals surface area contributed by atoms with E-state index in [1.165, 1.54) is 23.5 Å². The molecule has 0 saturated heterocycles. The highest BCUT2D eigenvalue weighted by atomic mass is 35.5. The van der Waals surface area contributed by atoms with Crippen LogP contribution in [-0.2, 0) is 0 Å². The molecule has 0 saturated carbocycles. The van der Waals surface area contributed by atoms with Crippen LogP contribution in [0, 0.1) is 17.0 Å². The minimum Gasteiger partial charge on any atom is -0.305 e. The fraction of sp³-hybridized carbons (Fsp3) is 0.0667. The van der Waals surface area contributed by atoms with E-state index in [1.807, 2.05) is 0 Å². The summed E-state index contributed by atoms with van der Waals surface area (Å²) < 4.78 is 0.532. The van der Waals surface area contributed by atoms with E-state index in [4.69, 9.17) is 11.6 Å². The Morgan fingerprint density at radius 3 is 2.96 bits per heavy atom. The maximum atomic E-state index is 11.9. The van der Waals surface area contributed by atoms with Crippen molar-refractivity contribution in [1.29, 1.82) is 0 Å². The Bertz CT molecular complexity index is 1010. The normalized spacial score (nSPS) is 11.8. The second-order valence-corrected chi connectivity index (χ2v) is 6.17. The highest BCUT2D eigenvalue weighted by molar-refractivity contribution is 7.17. The summed E-state index contributed by atoms with van der Waals surface area (Å²) in [4.78, 5) is 29.4. The number of H-pyrrole nitrogens is 1. The van der Waals surface area contributed by atoms with Gasteiger partial charge in [-0.25, -0.2) is 4.98 Å². The summed E-state index contributed by atoms with van der Waals surface area (Å²) >= 11 is 7.52. The van der Waals surface area contributed by atoms with Crippen LogP contribution in [0.4, 0.5) is 5.69 Å². The number of nitro benzene ring substituents is 1. The summed E-state index contributed by atoms with van der Waals surface area (Å²) in [5.41, 5.74) is 1.43. The quantitative estimate of drug-likeness (QED) is 0.574. The molecule has 0 aliphatic carbocycles. The van der Waals surface area contributed by atoms with Gasteiger partial charge in [-0.05, 0) is 30.0 Å². The summed E-state index contributed by atoms with van der Waals surface area (Å²) in [6.07, 6.45) is 1.53.